The number of sulfonamides is 1. The van der Waals surface area contributed by atoms with Crippen LogP contribution in [0.5, 0.6) is 0 Å². The summed E-state index contributed by atoms with van der Waals surface area (Å²) in [6.07, 6.45) is 0.117. The summed E-state index contributed by atoms with van der Waals surface area (Å²) in [5.41, 5.74) is 2.25. The number of anilines is 2. The van der Waals surface area contributed by atoms with Crippen molar-refractivity contribution in [3.8, 4) is 0 Å². The Morgan fingerprint density at radius 2 is 1.81 bits per heavy atom. The molecule has 164 valence electrons. The lowest BCUT2D eigenvalue weighted by atomic mass is 10.1. The largest absolute Gasteiger partial charge is 0.379 e. The Morgan fingerprint density at radius 1 is 1.10 bits per heavy atom. The zero-order valence-electron chi connectivity index (χ0n) is 17.3. The molecule has 31 heavy (non-hydrogen) atoms. The van der Waals surface area contributed by atoms with Crippen LogP contribution in [0.1, 0.15) is 12.0 Å². The highest BCUT2D eigenvalue weighted by Gasteiger charge is 2.35. The summed E-state index contributed by atoms with van der Waals surface area (Å²) < 4.78 is 32.3. The molecule has 2 fully saturated rings. The molecule has 2 aliphatic rings. The summed E-state index contributed by atoms with van der Waals surface area (Å²) in [5, 5.41) is 2.78. The Morgan fingerprint density at radius 3 is 2.52 bits per heavy atom. The van der Waals surface area contributed by atoms with Gasteiger partial charge in [0.1, 0.15) is 0 Å². The van der Waals surface area contributed by atoms with Crippen molar-refractivity contribution in [3.63, 3.8) is 0 Å². The maximum atomic E-state index is 12.9. The van der Waals surface area contributed by atoms with Crippen LogP contribution < -0.4 is 10.2 Å². The van der Waals surface area contributed by atoms with Gasteiger partial charge in [-0.1, -0.05) is 23.8 Å². The van der Waals surface area contributed by atoms with Gasteiger partial charge in [0.05, 0.1) is 24.0 Å². The first kappa shape index (κ1) is 21.5. The zero-order valence-corrected chi connectivity index (χ0v) is 18.1. The highest BCUT2D eigenvalue weighted by Crippen LogP contribution is 2.27. The number of nitrogens with one attached hydrogen (secondary N) is 1. The predicted octanol–water partition coefficient (Wildman–Crippen LogP) is 2.01. The van der Waals surface area contributed by atoms with Crippen LogP contribution in [0.15, 0.2) is 53.4 Å². The molecule has 2 aromatic carbocycles. The van der Waals surface area contributed by atoms with E-state index in [0.717, 1.165) is 11.3 Å². The van der Waals surface area contributed by atoms with Gasteiger partial charge in [-0.15, -0.1) is 0 Å². The van der Waals surface area contributed by atoms with E-state index in [1.165, 1.54) is 16.4 Å². The van der Waals surface area contributed by atoms with Crippen molar-refractivity contribution in [2.45, 2.75) is 18.2 Å². The normalized spacial score (nSPS) is 20.1. The van der Waals surface area contributed by atoms with E-state index in [-0.39, 0.29) is 23.1 Å². The minimum Gasteiger partial charge on any atom is -0.379 e. The Labute approximate surface area is 181 Å². The van der Waals surface area contributed by atoms with E-state index in [4.69, 9.17) is 4.74 Å². The zero-order chi connectivity index (χ0) is 22.0. The smallest absolute Gasteiger partial charge is 0.243 e. The van der Waals surface area contributed by atoms with Gasteiger partial charge >= 0.3 is 0 Å². The minimum absolute atomic E-state index is 0.104. The molecule has 1 atom stereocenters. The molecular formula is C22H25N3O5S. The quantitative estimate of drug-likeness (QED) is 0.763. The van der Waals surface area contributed by atoms with Crippen LogP contribution >= 0.6 is 0 Å². The number of rotatable bonds is 5. The Balaban J connectivity index is 1.45. The van der Waals surface area contributed by atoms with Crippen molar-refractivity contribution in [2.24, 2.45) is 5.92 Å². The van der Waals surface area contributed by atoms with E-state index in [2.05, 4.69) is 5.32 Å². The molecule has 0 radical (unpaired) electrons. The molecule has 2 heterocycles. The molecule has 2 aromatic rings. The monoisotopic (exact) mass is 443 g/mol. The number of carbonyl (C=O) groups excluding carboxylic acids is 2. The van der Waals surface area contributed by atoms with Crippen molar-refractivity contribution in [2.75, 3.05) is 43.1 Å². The van der Waals surface area contributed by atoms with Gasteiger partial charge in [0.2, 0.25) is 21.8 Å². The maximum absolute atomic E-state index is 12.9. The van der Waals surface area contributed by atoms with E-state index < -0.39 is 15.9 Å². The summed E-state index contributed by atoms with van der Waals surface area (Å²) in [6, 6.07) is 13.8. The second-order valence-corrected chi connectivity index (χ2v) is 9.71. The fourth-order valence-electron chi connectivity index (χ4n) is 3.77. The van der Waals surface area contributed by atoms with Crippen molar-refractivity contribution < 1.29 is 22.7 Å². The topological polar surface area (TPSA) is 96.0 Å². The van der Waals surface area contributed by atoms with Crippen LogP contribution in [0.4, 0.5) is 11.4 Å². The van der Waals surface area contributed by atoms with Crippen LogP contribution in [0.25, 0.3) is 0 Å². The first-order valence-electron chi connectivity index (χ1n) is 10.2. The number of amides is 2. The van der Waals surface area contributed by atoms with Crippen LogP contribution in [0.3, 0.4) is 0 Å². The fourth-order valence-corrected chi connectivity index (χ4v) is 5.23. The lowest BCUT2D eigenvalue weighted by Gasteiger charge is -2.26. The molecule has 0 unspecified atom stereocenters. The van der Waals surface area contributed by atoms with E-state index in [1.54, 1.807) is 17.0 Å². The van der Waals surface area contributed by atoms with E-state index in [0.29, 0.717) is 38.5 Å². The molecule has 9 heteroatoms. The van der Waals surface area contributed by atoms with Crippen molar-refractivity contribution >= 4 is 33.2 Å². The number of ether oxygens (including phenoxy) is 1. The molecular weight excluding hydrogens is 418 g/mol. The SMILES string of the molecule is Cc1ccc(N2C[C@H](C(=O)Nc3cccc(S(=O)(=O)N4CCOCC4)c3)CC2=O)cc1. The Kier molecular flexibility index (Phi) is 6.08. The van der Waals surface area contributed by atoms with Gasteiger partial charge in [0.15, 0.2) is 0 Å². The van der Waals surface area contributed by atoms with E-state index >= 15 is 0 Å². The number of nitrogens with zero attached hydrogens (tertiary/aromatic N) is 2. The molecule has 2 saturated heterocycles. The number of hydrogen-bond donors (Lipinski definition) is 1. The van der Waals surface area contributed by atoms with Crippen molar-refractivity contribution in [1.29, 1.82) is 0 Å². The van der Waals surface area contributed by atoms with Crippen LogP contribution in [0.2, 0.25) is 0 Å². The number of carbonyl (C=O) groups is 2. The fraction of sp³-hybridized carbons (Fsp3) is 0.364. The molecule has 0 bridgehead atoms. The third kappa shape index (κ3) is 4.63. The highest BCUT2D eigenvalue weighted by atomic mass is 32.2. The van der Waals surface area contributed by atoms with Gasteiger partial charge in [-0.3, -0.25) is 9.59 Å². The van der Waals surface area contributed by atoms with Crippen LogP contribution in [0, 0.1) is 12.8 Å². The molecule has 0 saturated carbocycles. The molecule has 0 aromatic heterocycles. The Hall–Kier alpha value is -2.75. The summed E-state index contributed by atoms with van der Waals surface area (Å²) in [4.78, 5) is 27.0. The number of aryl methyl sites for hydroxylation is 1. The second-order valence-electron chi connectivity index (χ2n) is 7.77. The predicted molar refractivity (Wildman–Crippen MR) is 116 cm³/mol. The molecule has 2 aliphatic heterocycles. The first-order chi connectivity index (χ1) is 14.8. The maximum Gasteiger partial charge on any atom is 0.243 e. The van der Waals surface area contributed by atoms with Crippen LogP contribution in [-0.2, 0) is 24.3 Å². The highest BCUT2D eigenvalue weighted by molar-refractivity contribution is 7.89. The summed E-state index contributed by atoms with van der Waals surface area (Å²) in [5.74, 6) is -0.912. The van der Waals surface area contributed by atoms with Gasteiger partial charge in [0.25, 0.3) is 0 Å². The summed E-state index contributed by atoms with van der Waals surface area (Å²) in [7, 11) is -3.66. The van der Waals surface area contributed by atoms with Crippen molar-refractivity contribution in [1.82, 2.24) is 4.31 Å². The van der Waals surface area contributed by atoms with Crippen molar-refractivity contribution in [3.05, 3.63) is 54.1 Å². The average Bonchev–Trinajstić information content (AvgIpc) is 3.17. The van der Waals surface area contributed by atoms with Gasteiger partial charge in [0, 0.05) is 37.4 Å². The molecule has 8 nitrogen and oxygen atoms in total. The lowest BCUT2D eigenvalue weighted by molar-refractivity contribution is -0.122. The first-order valence-corrected chi connectivity index (χ1v) is 11.6. The number of morpholine rings is 1. The molecule has 4 rings (SSSR count). The average molecular weight is 444 g/mol. The molecule has 0 spiro atoms. The van der Waals surface area contributed by atoms with Gasteiger partial charge in [-0.25, -0.2) is 8.42 Å². The Bertz CT molecular complexity index is 1080. The number of benzene rings is 2. The summed E-state index contributed by atoms with van der Waals surface area (Å²) >= 11 is 0. The lowest BCUT2D eigenvalue weighted by Crippen LogP contribution is -2.40. The summed E-state index contributed by atoms with van der Waals surface area (Å²) in [6.45, 7) is 3.60. The standard InChI is InChI=1S/C22H25N3O5S/c1-16-5-7-19(8-6-16)25-15-17(13-21(25)26)22(27)23-18-3-2-4-20(14-18)31(28,29)24-9-11-30-12-10-24/h2-8,14,17H,9-13,15H2,1H3,(H,23,27)/t17-/m1/s1. The molecule has 1 N–H and O–H groups in total. The minimum atomic E-state index is -3.66. The van der Waals surface area contributed by atoms with E-state index in [1.807, 2.05) is 31.2 Å². The number of hydrogen-bond acceptors (Lipinski definition) is 5. The third-order valence-electron chi connectivity index (χ3n) is 5.55. The van der Waals surface area contributed by atoms with Gasteiger partial charge < -0.3 is 15.0 Å². The van der Waals surface area contributed by atoms with Crippen LogP contribution in [-0.4, -0.2) is 57.4 Å². The van der Waals surface area contributed by atoms with Gasteiger partial charge in [-0.2, -0.15) is 4.31 Å². The second kappa shape index (κ2) is 8.78. The third-order valence-corrected chi connectivity index (χ3v) is 7.45. The molecule has 0 aliphatic carbocycles. The van der Waals surface area contributed by atoms with E-state index in [9.17, 15) is 18.0 Å². The van der Waals surface area contributed by atoms with Gasteiger partial charge in [-0.05, 0) is 37.3 Å². The molecule has 2 amide bonds.